The molecule has 0 atom stereocenters. The normalized spacial score (nSPS) is 12.5. The molecule has 0 saturated heterocycles. The summed E-state index contributed by atoms with van der Waals surface area (Å²) in [6.45, 7) is 6.07. The van der Waals surface area contributed by atoms with Crippen molar-refractivity contribution in [1.82, 2.24) is 0 Å². The lowest BCUT2D eigenvalue weighted by Crippen LogP contribution is -2.17. The topological polar surface area (TPSA) is 95.4 Å². The van der Waals surface area contributed by atoms with Gasteiger partial charge in [-0.15, -0.1) is 0 Å². The molecule has 18 heavy (non-hydrogen) atoms. The quantitative estimate of drug-likeness (QED) is 0.812. The summed E-state index contributed by atoms with van der Waals surface area (Å²) in [5, 5.41) is 5.08. The van der Waals surface area contributed by atoms with Crippen molar-refractivity contribution in [3.63, 3.8) is 0 Å². The molecule has 0 aromatic heterocycles. The fourth-order valence-electron chi connectivity index (χ4n) is 1.72. The Labute approximate surface area is 108 Å². The van der Waals surface area contributed by atoms with Crippen molar-refractivity contribution in [2.24, 2.45) is 5.14 Å². The van der Waals surface area contributed by atoms with Crippen LogP contribution in [0.1, 0.15) is 31.9 Å². The predicted molar refractivity (Wildman–Crippen MR) is 72.9 cm³/mol. The number of methoxy groups -OCH3 is 1. The molecule has 1 aromatic carbocycles. The molecule has 0 amide bonds. The van der Waals surface area contributed by atoms with Crippen molar-refractivity contribution in [3.05, 3.63) is 23.3 Å². The number of nitrogens with two attached hydrogens (primary N) is 2. The Balaban J connectivity index is 3.42. The fourth-order valence-corrected chi connectivity index (χ4v) is 2.37. The maximum atomic E-state index is 11.2. The largest absolute Gasteiger partial charge is 0.494 e. The van der Waals surface area contributed by atoms with Gasteiger partial charge in [0.05, 0.1) is 18.6 Å². The molecular weight excluding hydrogens is 252 g/mol. The van der Waals surface area contributed by atoms with Gasteiger partial charge in [0.1, 0.15) is 5.75 Å². The molecule has 0 fully saturated rings. The lowest BCUT2D eigenvalue weighted by molar-refractivity contribution is 0.412. The second-order valence-electron chi connectivity index (χ2n) is 5.32. The Morgan fingerprint density at radius 1 is 1.28 bits per heavy atom. The molecule has 6 heteroatoms. The van der Waals surface area contributed by atoms with Gasteiger partial charge < -0.3 is 10.5 Å². The monoisotopic (exact) mass is 272 g/mol. The summed E-state index contributed by atoms with van der Waals surface area (Å²) in [7, 11) is -2.17. The van der Waals surface area contributed by atoms with Gasteiger partial charge in [0.2, 0.25) is 10.0 Å². The molecule has 0 aliphatic heterocycles. The van der Waals surface area contributed by atoms with Crippen LogP contribution < -0.4 is 15.6 Å². The summed E-state index contributed by atoms with van der Waals surface area (Å²) in [6.07, 6.45) is 0. The van der Waals surface area contributed by atoms with Gasteiger partial charge in [-0.2, -0.15) is 0 Å². The Morgan fingerprint density at radius 3 is 2.22 bits per heavy atom. The van der Waals surface area contributed by atoms with E-state index < -0.39 is 10.0 Å². The zero-order chi connectivity index (χ0) is 14.1. The van der Waals surface area contributed by atoms with Crippen molar-refractivity contribution in [3.8, 4) is 5.75 Å². The van der Waals surface area contributed by atoms with E-state index >= 15 is 0 Å². The smallest absolute Gasteiger partial charge is 0.213 e. The van der Waals surface area contributed by atoms with Crippen LogP contribution in [-0.2, 0) is 21.2 Å². The zero-order valence-electron chi connectivity index (χ0n) is 11.1. The first-order chi connectivity index (χ1) is 8.04. The predicted octanol–water partition coefficient (Wildman–Crippen LogP) is 1.36. The molecule has 1 rings (SSSR count). The van der Waals surface area contributed by atoms with Crippen molar-refractivity contribution >= 4 is 15.7 Å². The minimum absolute atomic E-state index is 0.131. The molecule has 0 aliphatic rings. The minimum atomic E-state index is -3.62. The zero-order valence-corrected chi connectivity index (χ0v) is 12.0. The highest BCUT2D eigenvalue weighted by atomic mass is 32.2. The summed E-state index contributed by atoms with van der Waals surface area (Å²) in [6, 6.07) is 3.57. The highest BCUT2D eigenvalue weighted by Gasteiger charge is 2.20. The van der Waals surface area contributed by atoms with Gasteiger partial charge in [-0.3, -0.25) is 0 Å². The van der Waals surface area contributed by atoms with Crippen LogP contribution in [0.4, 0.5) is 5.69 Å². The standard InChI is InChI=1S/C12H20N2O3S/c1-12(2,3)9-5-8(7-18(14,15)16)11(17-4)10(13)6-9/h5-6H,7,13H2,1-4H3,(H2,14,15,16). The summed E-state index contributed by atoms with van der Waals surface area (Å²) < 4.78 is 27.6. The number of nitrogen functional groups attached to an aromatic ring is 1. The lowest BCUT2D eigenvalue weighted by atomic mass is 9.85. The Bertz CT molecular complexity index is 545. The summed E-state index contributed by atoms with van der Waals surface area (Å²) >= 11 is 0. The SMILES string of the molecule is COc1c(N)cc(C(C)(C)C)cc1CS(N)(=O)=O. The summed E-state index contributed by atoms with van der Waals surface area (Å²) in [5.74, 6) is 0.0848. The summed E-state index contributed by atoms with van der Waals surface area (Å²) in [5.41, 5.74) is 7.61. The van der Waals surface area contributed by atoms with Crippen molar-refractivity contribution in [2.75, 3.05) is 12.8 Å². The van der Waals surface area contributed by atoms with E-state index in [0.717, 1.165) is 5.56 Å². The average Bonchev–Trinajstić information content (AvgIpc) is 2.13. The van der Waals surface area contributed by atoms with E-state index in [1.165, 1.54) is 7.11 Å². The molecule has 5 nitrogen and oxygen atoms in total. The highest BCUT2D eigenvalue weighted by Crippen LogP contribution is 2.34. The third kappa shape index (κ3) is 3.61. The van der Waals surface area contributed by atoms with E-state index in [1.54, 1.807) is 12.1 Å². The van der Waals surface area contributed by atoms with Gasteiger partial charge in [0.25, 0.3) is 0 Å². The van der Waals surface area contributed by atoms with Crippen molar-refractivity contribution in [2.45, 2.75) is 31.9 Å². The second kappa shape index (κ2) is 4.78. The first-order valence-corrected chi connectivity index (χ1v) is 7.23. The van der Waals surface area contributed by atoms with E-state index in [0.29, 0.717) is 17.0 Å². The molecule has 0 radical (unpaired) electrons. The number of rotatable bonds is 3. The van der Waals surface area contributed by atoms with Crippen LogP contribution in [0.3, 0.4) is 0 Å². The molecule has 0 heterocycles. The number of benzene rings is 1. The maximum absolute atomic E-state index is 11.2. The van der Waals surface area contributed by atoms with Gasteiger partial charge >= 0.3 is 0 Å². The number of hydrogen-bond donors (Lipinski definition) is 2. The minimum Gasteiger partial charge on any atom is -0.494 e. The molecule has 0 spiro atoms. The number of primary sulfonamides is 1. The number of hydrogen-bond acceptors (Lipinski definition) is 4. The molecule has 4 N–H and O–H groups in total. The molecular formula is C12H20N2O3S. The van der Waals surface area contributed by atoms with E-state index in [1.807, 2.05) is 20.8 Å². The van der Waals surface area contributed by atoms with Crippen LogP contribution in [0.2, 0.25) is 0 Å². The lowest BCUT2D eigenvalue weighted by Gasteiger charge is -2.22. The van der Waals surface area contributed by atoms with Crippen LogP contribution in [0.15, 0.2) is 12.1 Å². The van der Waals surface area contributed by atoms with Crippen LogP contribution in [0.5, 0.6) is 5.75 Å². The van der Waals surface area contributed by atoms with Gasteiger partial charge in [-0.25, -0.2) is 13.6 Å². The first kappa shape index (κ1) is 14.8. The maximum Gasteiger partial charge on any atom is 0.213 e. The van der Waals surface area contributed by atoms with E-state index in [9.17, 15) is 8.42 Å². The van der Waals surface area contributed by atoms with Crippen molar-refractivity contribution < 1.29 is 13.2 Å². The third-order valence-corrected chi connectivity index (χ3v) is 3.33. The second-order valence-corrected chi connectivity index (χ2v) is 6.93. The average molecular weight is 272 g/mol. The highest BCUT2D eigenvalue weighted by molar-refractivity contribution is 7.88. The molecule has 0 saturated carbocycles. The van der Waals surface area contributed by atoms with Crippen LogP contribution in [0, 0.1) is 0 Å². The molecule has 0 aliphatic carbocycles. The first-order valence-electron chi connectivity index (χ1n) is 5.52. The number of anilines is 1. The van der Waals surface area contributed by atoms with Crippen LogP contribution >= 0.6 is 0 Å². The van der Waals surface area contributed by atoms with E-state index in [4.69, 9.17) is 15.6 Å². The number of sulfonamides is 1. The van der Waals surface area contributed by atoms with Gasteiger partial charge in [-0.05, 0) is 17.0 Å². The van der Waals surface area contributed by atoms with E-state index in [-0.39, 0.29) is 11.2 Å². The van der Waals surface area contributed by atoms with Crippen LogP contribution in [-0.4, -0.2) is 15.5 Å². The van der Waals surface area contributed by atoms with Gasteiger partial charge in [-0.1, -0.05) is 26.8 Å². The molecule has 1 aromatic rings. The Morgan fingerprint density at radius 2 is 1.83 bits per heavy atom. The van der Waals surface area contributed by atoms with Crippen molar-refractivity contribution in [1.29, 1.82) is 0 Å². The molecule has 0 unspecified atom stereocenters. The molecule has 0 bridgehead atoms. The summed E-state index contributed by atoms with van der Waals surface area (Å²) in [4.78, 5) is 0. The number of ether oxygens (including phenoxy) is 1. The third-order valence-electron chi connectivity index (χ3n) is 2.62. The van der Waals surface area contributed by atoms with Gasteiger partial charge in [0, 0.05) is 5.56 Å². The Kier molecular flexibility index (Phi) is 3.92. The fraction of sp³-hybridized carbons (Fsp3) is 0.500. The molecule has 102 valence electrons. The van der Waals surface area contributed by atoms with E-state index in [2.05, 4.69) is 0 Å². The van der Waals surface area contributed by atoms with Crippen LogP contribution in [0.25, 0.3) is 0 Å². The van der Waals surface area contributed by atoms with Gasteiger partial charge in [0.15, 0.2) is 0 Å². The Hall–Kier alpha value is -1.27.